The number of rotatable bonds is 3. The number of nitrogens with zero attached hydrogens (tertiary/aromatic N) is 2. The summed E-state index contributed by atoms with van der Waals surface area (Å²) < 4.78 is 0. The summed E-state index contributed by atoms with van der Waals surface area (Å²) in [5, 5.41) is 11.8. The normalized spacial score (nSPS) is 20.4. The molecule has 2 atom stereocenters. The van der Waals surface area contributed by atoms with E-state index in [2.05, 4.69) is 18.1 Å². The zero-order valence-corrected chi connectivity index (χ0v) is 11.9. The molecule has 0 aliphatic carbocycles. The average molecular weight is 275 g/mol. The molecule has 1 aromatic rings. The monoisotopic (exact) mass is 275 g/mol. The Labute approximate surface area is 119 Å². The van der Waals surface area contributed by atoms with E-state index in [1.165, 1.54) is 5.56 Å². The van der Waals surface area contributed by atoms with Crippen molar-refractivity contribution in [1.29, 1.82) is 0 Å². The summed E-state index contributed by atoms with van der Waals surface area (Å²) in [6.45, 7) is 4.66. The fraction of sp³-hybridized carbons (Fsp3) is 0.467. The van der Waals surface area contributed by atoms with Crippen LogP contribution < -0.4 is 10.6 Å². The van der Waals surface area contributed by atoms with Crippen LogP contribution in [0.2, 0.25) is 0 Å². The van der Waals surface area contributed by atoms with Crippen molar-refractivity contribution in [1.82, 2.24) is 0 Å². The minimum atomic E-state index is -0.571. The van der Waals surface area contributed by atoms with Gasteiger partial charge in [0, 0.05) is 12.2 Å². The van der Waals surface area contributed by atoms with E-state index in [0.29, 0.717) is 18.9 Å². The van der Waals surface area contributed by atoms with Gasteiger partial charge in [-0.3, -0.25) is 4.79 Å². The Morgan fingerprint density at radius 1 is 1.55 bits per heavy atom. The Hall–Kier alpha value is -2.04. The topological polar surface area (TPSA) is 78.9 Å². The van der Waals surface area contributed by atoms with Crippen molar-refractivity contribution in [2.24, 2.45) is 22.7 Å². The molecular formula is C15H21N3O2. The molecule has 1 aliphatic rings. The number of amidine groups is 1. The molecular weight excluding hydrogens is 254 g/mol. The highest BCUT2D eigenvalue weighted by Gasteiger charge is 2.32. The van der Waals surface area contributed by atoms with Crippen molar-refractivity contribution in [2.45, 2.75) is 26.7 Å². The van der Waals surface area contributed by atoms with Crippen molar-refractivity contribution in [3.63, 3.8) is 0 Å². The summed E-state index contributed by atoms with van der Waals surface area (Å²) in [5.41, 5.74) is 7.76. The second kappa shape index (κ2) is 5.94. The van der Waals surface area contributed by atoms with Gasteiger partial charge in [0.25, 0.3) is 0 Å². The lowest BCUT2D eigenvalue weighted by molar-refractivity contribution is -0.120. The number of amides is 1. The van der Waals surface area contributed by atoms with E-state index >= 15 is 0 Å². The number of anilines is 1. The molecule has 0 bridgehead atoms. The molecule has 0 radical (unpaired) electrons. The van der Waals surface area contributed by atoms with Crippen molar-refractivity contribution in [2.75, 3.05) is 11.4 Å². The van der Waals surface area contributed by atoms with Crippen LogP contribution in [0.25, 0.3) is 0 Å². The molecule has 1 heterocycles. The molecule has 2 unspecified atom stereocenters. The predicted molar refractivity (Wildman–Crippen MR) is 78.9 cm³/mol. The van der Waals surface area contributed by atoms with E-state index in [4.69, 9.17) is 10.9 Å². The molecule has 108 valence electrons. The number of para-hydroxylation sites is 1. The van der Waals surface area contributed by atoms with Crippen LogP contribution in [-0.4, -0.2) is 23.5 Å². The van der Waals surface area contributed by atoms with Gasteiger partial charge in [-0.2, -0.15) is 0 Å². The first-order valence-electron chi connectivity index (χ1n) is 6.95. The largest absolute Gasteiger partial charge is 0.409 e. The van der Waals surface area contributed by atoms with Crippen molar-refractivity contribution in [3.05, 3.63) is 29.8 Å². The Morgan fingerprint density at radius 2 is 2.25 bits per heavy atom. The molecule has 0 fully saturated rings. The molecule has 1 aromatic carbocycles. The van der Waals surface area contributed by atoms with Gasteiger partial charge in [-0.05, 0) is 30.4 Å². The number of benzene rings is 1. The van der Waals surface area contributed by atoms with E-state index in [0.717, 1.165) is 12.1 Å². The number of fused-ring (bicyclic) bond motifs is 1. The van der Waals surface area contributed by atoms with Gasteiger partial charge in [-0.1, -0.05) is 37.2 Å². The summed E-state index contributed by atoms with van der Waals surface area (Å²) >= 11 is 0. The van der Waals surface area contributed by atoms with Crippen LogP contribution in [0.4, 0.5) is 5.69 Å². The highest BCUT2D eigenvalue weighted by molar-refractivity contribution is 6.09. The van der Waals surface area contributed by atoms with E-state index in [1.54, 1.807) is 4.90 Å². The van der Waals surface area contributed by atoms with Crippen LogP contribution in [-0.2, 0) is 11.2 Å². The third kappa shape index (κ3) is 2.61. The lowest BCUT2D eigenvalue weighted by Crippen LogP contribution is -2.46. The lowest BCUT2D eigenvalue weighted by Gasteiger charge is -2.35. The molecule has 3 N–H and O–H groups in total. The number of carbonyl (C=O) groups excluding carboxylic acids is 1. The van der Waals surface area contributed by atoms with Crippen molar-refractivity contribution < 1.29 is 10.0 Å². The molecule has 0 spiro atoms. The Balaban J connectivity index is 2.35. The van der Waals surface area contributed by atoms with Gasteiger partial charge in [0.2, 0.25) is 5.91 Å². The Bertz CT molecular complexity index is 528. The maximum Gasteiger partial charge on any atom is 0.237 e. The summed E-state index contributed by atoms with van der Waals surface area (Å²) in [7, 11) is 0. The van der Waals surface area contributed by atoms with Gasteiger partial charge >= 0.3 is 0 Å². The van der Waals surface area contributed by atoms with Crippen LogP contribution in [0.1, 0.15) is 25.8 Å². The van der Waals surface area contributed by atoms with Crippen LogP contribution >= 0.6 is 0 Å². The molecule has 5 nitrogen and oxygen atoms in total. The average Bonchev–Trinajstić information content (AvgIpc) is 2.46. The second-order valence-electron chi connectivity index (χ2n) is 5.37. The smallest absolute Gasteiger partial charge is 0.237 e. The highest BCUT2D eigenvalue weighted by Crippen LogP contribution is 2.30. The third-order valence-corrected chi connectivity index (χ3v) is 3.79. The third-order valence-electron chi connectivity index (χ3n) is 3.79. The quantitative estimate of drug-likeness (QED) is 0.383. The number of carbonyl (C=O) groups is 1. The molecule has 2 rings (SSSR count). The fourth-order valence-corrected chi connectivity index (χ4v) is 2.77. The predicted octanol–water partition coefficient (Wildman–Crippen LogP) is 1.98. The zero-order chi connectivity index (χ0) is 14.7. The highest BCUT2D eigenvalue weighted by atomic mass is 16.4. The van der Waals surface area contributed by atoms with Gasteiger partial charge < -0.3 is 15.8 Å². The standard InChI is InChI=1S/C15H21N3O2/c1-3-12(14(16)17-20)15(19)18-9-10(2)8-11-6-4-5-7-13(11)18/h4-7,10,12,20H,3,8-9H2,1-2H3,(H2,16,17). The molecule has 0 saturated carbocycles. The van der Waals surface area contributed by atoms with Gasteiger partial charge in [0.15, 0.2) is 5.84 Å². The van der Waals surface area contributed by atoms with Crippen LogP contribution in [0, 0.1) is 11.8 Å². The minimum Gasteiger partial charge on any atom is -0.409 e. The number of nitrogens with two attached hydrogens (primary N) is 1. The number of oxime groups is 1. The van der Waals surface area contributed by atoms with Crippen molar-refractivity contribution >= 4 is 17.4 Å². The van der Waals surface area contributed by atoms with Crippen LogP contribution in [0.5, 0.6) is 0 Å². The lowest BCUT2D eigenvalue weighted by atomic mass is 9.92. The van der Waals surface area contributed by atoms with Gasteiger partial charge in [0.1, 0.15) is 0 Å². The molecule has 1 amide bonds. The van der Waals surface area contributed by atoms with E-state index in [1.807, 2.05) is 25.1 Å². The maximum absolute atomic E-state index is 12.7. The van der Waals surface area contributed by atoms with Crippen LogP contribution in [0.15, 0.2) is 29.4 Å². The minimum absolute atomic E-state index is 0.0202. The van der Waals surface area contributed by atoms with Gasteiger partial charge in [0.05, 0.1) is 5.92 Å². The molecule has 0 aromatic heterocycles. The molecule has 20 heavy (non-hydrogen) atoms. The summed E-state index contributed by atoms with van der Waals surface area (Å²) in [5.74, 6) is -0.285. The summed E-state index contributed by atoms with van der Waals surface area (Å²) in [6.07, 6.45) is 1.49. The molecule has 1 aliphatic heterocycles. The van der Waals surface area contributed by atoms with Gasteiger partial charge in [-0.25, -0.2) is 0 Å². The summed E-state index contributed by atoms with van der Waals surface area (Å²) in [4.78, 5) is 14.5. The SMILES string of the molecule is CCC(C(=O)N1CC(C)Cc2ccccc21)C(N)=NO. The van der Waals surface area contributed by atoms with Crippen molar-refractivity contribution in [3.8, 4) is 0 Å². The first kappa shape index (κ1) is 14.4. The fourth-order valence-electron chi connectivity index (χ4n) is 2.77. The molecule has 5 heteroatoms. The van der Waals surface area contributed by atoms with E-state index < -0.39 is 5.92 Å². The van der Waals surface area contributed by atoms with E-state index in [-0.39, 0.29) is 11.7 Å². The number of hydrogen-bond acceptors (Lipinski definition) is 3. The Kier molecular flexibility index (Phi) is 4.27. The van der Waals surface area contributed by atoms with Crippen LogP contribution in [0.3, 0.4) is 0 Å². The second-order valence-corrected chi connectivity index (χ2v) is 5.37. The first-order chi connectivity index (χ1) is 9.58. The van der Waals surface area contributed by atoms with Gasteiger partial charge in [-0.15, -0.1) is 0 Å². The number of hydrogen-bond donors (Lipinski definition) is 2. The first-order valence-corrected chi connectivity index (χ1v) is 6.95. The summed E-state index contributed by atoms with van der Waals surface area (Å²) in [6, 6.07) is 7.92. The molecule has 0 saturated heterocycles. The van der Waals surface area contributed by atoms with E-state index in [9.17, 15) is 4.79 Å². The Morgan fingerprint density at radius 3 is 2.90 bits per heavy atom. The maximum atomic E-state index is 12.7. The zero-order valence-electron chi connectivity index (χ0n) is 11.9.